The Bertz CT molecular complexity index is 820. The minimum Gasteiger partial charge on any atom is -0.307 e. The molecule has 2 amide bonds. The van der Waals surface area contributed by atoms with Gasteiger partial charge in [-0.3, -0.25) is 15.0 Å². The molecule has 3 rings (SSSR count). The number of amides is 2. The number of benzene rings is 2. The van der Waals surface area contributed by atoms with Gasteiger partial charge in [0.2, 0.25) is 0 Å². The second-order valence-corrected chi connectivity index (χ2v) is 5.86. The molecular weight excluding hydrogens is 362 g/mol. The van der Waals surface area contributed by atoms with E-state index in [1.807, 2.05) is 30.3 Å². The van der Waals surface area contributed by atoms with Gasteiger partial charge in [-0.25, -0.2) is 4.79 Å². The summed E-state index contributed by atoms with van der Waals surface area (Å²) >= 11 is 3.38. The van der Waals surface area contributed by atoms with E-state index in [1.165, 1.54) is 12.1 Å². The van der Waals surface area contributed by atoms with E-state index < -0.39 is 4.92 Å². The highest BCUT2D eigenvalue weighted by molar-refractivity contribution is 9.10. The number of non-ortho nitro benzene ring substituents is 1. The summed E-state index contributed by atoms with van der Waals surface area (Å²) in [5.41, 5.74) is 1.95. The Labute approximate surface area is 140 Å². The average Bonchev–Trinajstić information content (AvgIpc) is 2.55. The molecule has 7 heteroatoms. The van der Waals surface area contributed by atoms with Crippen molar-refractivity contribution in [2.45, 2.75) is 0 Å². The van der Waals surface area contributed by atoms with Crippen molar-refractivity contribution in [2.24, 2.45) is 0 Å². The minimum absolute atomic E-state index is 0.00734. The lowest BCUT2D eigenvalue weighted by molar-refractivity contribution is -0.384. The highest BCUT2D eigenvalue weighted by Gasteiger charge is 2.22. The molecule has 0 atom stereocenters. The Morgan fingerprint density at radius 2 is 1.96 bits per heavy atom. The van der Waals surface area contributed by atoms with Gasteiger partial charge in [0.25, 0.3) is 5.69 Å². The molecule has 23 heavy (non-hydrogen) atoms. The van der Waals surface area contributed by atoms with Gasteiger partial charge in [-0.1, -0.05) is 34.1 Å². The molecule has 0 saturated heterocycles. The fourth-order valence-corrected chi connectivity index (χ4v) is 2.73. The van der Waals surface area contributed by atoms with Crippen molar-refractivity contribution in [1.82, 2.24) is 5.32 Å². The molecule has 0 unspecified atom stereocenters. The van der Waals surface area contributed by atoms with Crippen molar-refractivity contribution in [1.29, 1.82) is 0 Å². The van der Waals surface area contributed by atoms with Gasteiger partial charge in [0.1, 0.15) is 0 Å². The van der Waals surface area contributed by atoms with Crippen LogP contribution in [0.3, 0.4) is 0 Å². The summed E-state index contributed by atoms with van der Waals surface area (Å²) in [5, 5.41) is 13.6. The van der Waals surface area contributed by atoms with E-state index in [0.29, 0.717) is 17.8 Å². The number of carbonyl (C=O) groups is 1. The first-order valence-corrected chi connectivity index (χ1v) is 7.63. The molecule has 1 N–H and O–H groups in total. The minimum atomic E-state index is -0.456. The van der Waals surface area contributed by atoms with Crippen molar-refractivity contribution in [3.63, 3.8) is 0 Å². The molecule has 2 aromatic rings. The third-order valence-electron chi connectivity index (χ3n) is 3.45. The molecule has 0 aromatic heterocycles. The first-order chi connectivity index (χ1) is 11.0. The molecule has 0 radical (unpaired) electrons. The van der Waals surface area contributed by atoms with Crippen LogP contribution in [0.15, 0.2) is 59.1 Å². The van der Waals surface area contributed by atoms with Gasteiger partial charge in [0, 0.05) is 40.1 Å². The van der Waals surface area contributed by atoms with Crippen molar-refractivity contribution in [3.8, 4) is 0 Å². The number of hydrogen-bond donors (Lipinski definition) is 1. The largest absolute Gasteiger partial charge is 0.326 e. The number of urea groups is 1. The molecule has 1 heterocycles. The Morgan fingerprint density at radius 1 is 1.17 bits per heavy atom. The molecule has 0 bridgehead atoms. The van der Waals surface area contributed by atoms with Crippen LogP contribution >= 0.6 is 15.9 Å². The van der Waals surface area contributed by atoms with Crippen LogP contribution in [0.4, 0.5) is 16.2 Å². The molecule has 1 aliphatic rings. The fraction of sp³-hybridized carbons (Fsp3) is 0.0625. The molecule has 1 aliphatic heterocycles. The zero-order chi connectivity index (χ0) is 16.4. The molecule has 0 fully saturated rings. The zero-order valence-corrected chi connectivity index (χ0v) is 13.5. The number of carbonyl (C=O) groups excluding carboxylic acids is 1. The van der Waals surface area contributed by atoms with Crippen LogP contribution < -0.4 is 10.2 Å². The first kappa shape index (κ1) is 15.2. The van der Waals surface area contributed by atoms with E-state index in [-0.39, 0.29) is 11.7 Å². The normalized spacial score (nSPS) is 14.2. The van der Waals surface area contributed by atoms with E-state index in [9.17, 15) is 14.9 Å². The third kappa shape index (κ3) is 3.24. The molecule has 0 saturated carbocycles. The maximum absolute atomic E-state index is 12.3. The summed E-state index contributed by atoms with van der Waals surface area (Å²) in [6.45, 7) is 0.389. The summed E-state index contributed by atoms with van der Waals surface area (Å²) in [6, 6.07) is 13.4. The predicted molar refractivity (Wildman–Crippen MR) is 91.1 cm³/mol. The van der Waals surface area contributed by atoms with E-state index in [2.05, 4.69) is 21.2 Å². The van der Waals surface area contributed by atoms with E-state index in [1.54, 1.807) is 17.0 Å². The Balaban J connectivity index is 1.87. The second-order valence-electron chi connectivity index (χ2n) is 4.95. The van der Waals surface area contributed by atoms with E-state index in [0.717, 1.165) is 10.2 Å². The number of anilines is 1. The number of hydrogen-bond acceptors (Lipinski definition) is 3. The predicted octanol–water partition coefficient (Wildman–Crippen LogP) is 3.93. The van der Waals surface area contributed by atoms with E-state index in [4.69, 9.17) is 0 Å². The molecule has 0 aliphatic carbocycles. The summed E-state index contributed by atoms with van der Waals surface area (Å²) < 4.78 is 0.885. The standard InChI is InChI=1S/C16H12BrN3O3/c17-12-4-2-5-13(10-12)19-8-7-15(18-16(19)21)11-3-1-6-14(9-11)20(22)23/h1-7,9-10H,8H2,(H,18,21). The summed E-state index contributed by atoms with van der Waals surface area (Å²) in [6.07, 6.45) is 1.83. The number of halogens is 1. The average molecular weight is 374 g/mol. The van der Waals surface area contributed by atoms with Crippen molar-refractivity contribution < 1.29 is 9.72 Å². The third-order valence-corrected chi connectivity index (χ3v) is 3.95. The monoisotopic (exact) mass is 373 g/mol. The molecular formula is C16H12BrN3O3. The maximum atomic E-state index is 12.3. The van der Waals surface area contributed by atoms with Gasteiger partial charge in [-0.05, 0) is 24.3 Å². The Kier molecular flexibility index (Phi) is 4.12. The second kappa shape index (κ2) is 6.21. The molecule has 0 spiro atoms. The zero-order valence-electron chi connectivity index (χ0n) is 11.9. The lowest BCUT2D eigenvalue weighted by Gasteiger charge is -2.27. The van der Waals surface area contributed by atoms with Gasteiger partial charge in [0.15, 0.2) is 0 Å². The van der Waals surface area contributed by atoms with Crippen LogP contribution in [0.5, 0.6) is 0 Å². The van der Waals surface area contributed by atoms with Crippen molar-refractivity contribution in [2.75, 3.05) is 11.4 Å². The summed E-state index contributed by atoms with van der Waals surface area (Å²) in [7, 11) is 0. The van der Waals surface area contributed by atoms with Crippen LogP contribution in [0, 0.1) is 10.1 Å². The van der Waals surface area contributed by atoms with Crippen molar-refractivity contribution >= 4 is 39.0 Å². The quantitative estimate of drug-likeness (QED) is 0.654. The van der Waals surface area contributed by atoms with Gasteiger partial charge >= 0.3 is 6.03 Å². The van der Waals surface area contributed by atoms with Crippen LogP contribution in [0.1, 0.15) is 5.56 Å². The van der Waals surface area contributed by atoms with Gasteiger partial charge in [0.05, 0.1) is 4.92 Å². The Hall–Kier alpha value is -2.67. The number of nitro benzene ring substituents is 1. The van der Waals surface area contributed by atoms with Gasteiger partial charge < -0.3 is 5.32 Å². The number of nitrogens with one attached hydrogen (secondary N) is 1. The number of nitro groups is 1. The highest BCUT2D eigenvalue weighted by Crippen LogP contribution is 2.25. The maximum Gasteiger partial charge on any atom is 0.326 e. The lowest BCUT2D eigenvalue weighted by atomic mass is 10.1. The van der Waals surface area contributed by atoms with Crippen LogP contribution in [-0.2, 0) is 0 Å². The van der Waals surface area contributed by atoms with Crippen LogP contribution in [0.2, 0.25) is 0 Å². The smallest absolute Gasteiger partial charge is 0.307 e. The van der Waals surface area contributed by atoms with Crippen LogP contribution in [-0.4, -0.2) is 17.5 Å². The topological polar surface area (TPSA) is 75.5 Å². The molecule has 116 valence electrons. The fourth-order valence-electron chi connectivity index (χ4n) is 2.34. The lowest BCUT2D eigenvalue weighted by Crippen LogP contribution is -2.43. The van der Waals surface area contributed by atoms with Gasteiger partial charge in [-0.15, -0.1) is 0 Å². The van der Waals surface area contributed by atoms with Crippen LogP contribution in [0.25, 0.3) is 5.70 Å². The molecule has 6 nitrogen and oxygen atoms in total. The number of nitrogens with zero attached hydrogens (tertiary/aromatic N) is 2. The summed E-state index contributed by atoms with van der Waals surface area (Å²) in [4.78, 5) is 24.3. The highest BCUT2D eigenvalue weighted by atomic mass is 79.9. The van der Waals surface area contributed by atoms with E-state index >= 15 is 0 Å². The molecule has 2 aromatic carbocycles. The SMILES string of the molecule is O=C1NC(c2cccc([N+](=O)[O-])c2)=CCN1c1cccc(Br)c1. The summed E-state index contributed by atoms with van der Waals surface area (Å²) in [5.74, 6) is 0. The number of rotatable bonds is 3. The Morgan fingerprint density at radius 3 is 2.65 bits per heavy atom. The van der Waals surface area contributed by atoms with Gasteiger partial charge in [-0.2, -0.15) is 0 Å². The van der Waals surface area contributed by atoms with Crippen molar-refractivity contribution in [3.05, 3.63) is 74.8 Å². The first-order valence-electron chi connectivity index (χ1n) is 6.83.